The molecule has 0 bridgehead atoms. The summed E-state index contributed by atoms with van der Waals surface area (Å²) in [7, 11) is -0.110. The number of carbonyl (C=O) groups excluding carboxylic acids is 2. The highest BCUT2D eigenvalue weighted by Crippen LogP contribution is 2.29. The van der Waals surface area contributed by atoms with Crippen molar-refractivity contribution in [3.05, 3.63) is 23.8 Å². The van der Waals surface area contributed by atoms with E-state index in [1.807, 2.05) is 13.8 Å². The van der Waals surface area contributed by atoms with Crippen molar-refractivity contribution in [3.63, 3.8) is 0 Å². The molecule has 1 aliphatic rings. The number of nitrogens with zero attached hydrogens (tertiary/aromatic N) is 1. The molecule has 1 amide bonds. The van der Waals surface area contributed by atoms with Crippen LogP contribution in [0.1, 0.15) is 37.6 Å². The molecule has 1 fully saturated rings. The predicted molar refractivity (Wildman–Crippen MR) is 108 cm³/mol. The number of methoxy groups -OCH3 is 1. The fourth-order valence-electron chi connectivity index (χ4n) is 3.00. The standard InChI is InChI=1S/C20H29NO7S/c1-13(2)11-27-17-7-6-15(10-18(17)26-5)20(23)28-14(3)19(22)21(4)16-8-9-29(24,25)12-16/h6-7,10,13-14,16H,8-9,11-12H2,1-5H3/t14-,16-/m1/s1. The first-order valence-electron chi connectivity index (χ1n) is 9.53. The number of hydrogen-bond donors (Lipinski definition) is 0. The molecule has 1 aromatic rings. The number of ether oxygens (including phenoxy) is 3. The van der Waals surface area contributed by atoms with E-state index in [1.54, 1.807) is 12.1 Å². The van der Waals surface area contributed by atoms with Crippen molar-refractivity contribution in [1.82, 2.24) is 4.90 Å². The Balaban J connectivity index is 2.02. The average Bonchev–Trinajstić information content (AvgIpc) is 3.04. The summed E-state index contributed by atoms with van der Waals surface area (Å²) in [5, 5.41) is 0. The van der Waals surface area contributed by atoms with Gasteiger partial charge in [0.1, 0.15) is 0 Å². The Hall–Kier alpha value is -2.29. The Morgan fingerprint density at radius 3 is 2.45 bits per heavy atom. The molecule has 8 nitrogen and oxygen atoms in total. The van der Waals surface area contributed by atoms with Gasteiger partial charge in [-0.25, -0.2) is 13.2 Å². The average molecular weight is 428 g/mol. The van der Waals surface area contributed by atoms with Gasteiger partial charge in [0.05, 0.1) is 30.8 Å². The minimum atomic E-state index is -3.12. The zero-order chi connectivity index (χ0) is 21.8. The smallest absolute Gasteiger partial charge is 0.339 e. The zero-order valence-electron chi connectivity index (χ0n) is 17.5. The Kier molecular flexibility index (Phi) is 7.51. The highest BCUT2D eigenvalue weighted by Gasteiger charge is 2.35. The van der Waals surface area contributed by atoms with E-state index in [0.717, 1.165) is 0 Å². The van der Waals surface area contributed by atoms with Gasteiger partial charge in [0, 0.05) is 13.1 Å². The van der Waals surface area contributed by atoms with Gasteiger partial charge in [0.2, 0.25) is 0 Å². The largest absolute Gasteiger partial charge is 0.493 e. The second kappa shape index (κ2) is 9.47. The van der Waals surface area contributed by atoms with Gasteiger partial charge in [-0.2, -0.15) is 0 Å². The monoisotopic (exact) mass is 427 g/mol. The third kappa shape index (κ3) is 6.09. The number of likely N-dealkylation sites (N-methyl/N-ethyl adjacent to an activating group) is 1. The number of rotatable bonds is 8. The number of hydrogen-bond acceptors (Lipinski definition) is 7. The van der Waals surface area contributed by atoms with E-state index in [9.17, 15) is 18.0 Å². The van der Waals surface area contributed by atoms with Crippen molar-refractivity contribution in [1.29, 1.82) is 0 Å². The minimum Gasteiger partial charge on any atom is -0.493 e. The van der Waals surface area contributed by atoms with Gasteiger partial charge in [-0.15, -0.1) is 0 Å². The zero-order valence-corrected chi connectivity index (χ0v) is 18.3. The Morgan fingerprint density at radius 2 is 1.90 bits per heavy atom. The third-order valence-electron chi connectivity index (χ3n) is 4.71. The first kappa shape index (κ1) is 23.0. The molecule has 1 heterocycles. The van der Waals surface area contributed by atoms with Crippen LogP contribution in [-0.2, 0) is 19.4 Å². The number of carbonyl (C=O) groups is 2. The van der Waals surface area contributed by atoms with E-state index in [1.165, 1.54) is 32.0 Å². The molecule has 1 saturated heterocycles. The highest BCUT2D eigenvalue weighted by atomic mass is 32.2. The lowest BCUT2D eigenvalue weighted by atomic mass is 10.2. The van der Waals surface area contributed by atoms with Gasteiger partial charge in [-0.3, -0.25) is 4.79 Å². The van der Waals surface area contributed by atoms with Crippen molar-refractivity contribution >= 4 is 21.7 Å². The lowest BCUT2D eigenvalue weighted by Crippen LogP contribution is -2.44. The summed E-state index contributed by atoms with van der Waals surface area (Å²) in [6.45, 7) is 6.02. The first-order valence-corrected chi connectivity index (χ1v) is 11.3. The summed E-state index contributed by atoms with van der Waals surface area (Å²) in [5.41, 5.74) is 0.226. The van der Waals surface area contributed by atoms with E-state index in [4.69, 9.17) is 14.2 Å². The van der Waals surface area contributed by atoms with Crippen LogP contribution in [0.25, 0.3) is 0 Å². The molecule has 0 spiro atoms. The van der Waals surface area contributed by atoms with Crippen LogP contribution in [0.2, 0.25) is 0 Å². The van der Waals surface area contributed by atoms with Crippen LogP contribution < -0.4 is 9.47 Å². The van der Waals surface area contributed by atoms with E-state index >= 15 is 0 Å². The van der Waals surface area contributed by atoms with Crippen LogP contribution in [-0.4, -0.2) is 69.6 Å². The van der Waals surface area contributed by atoms with Crippen molar-refractivity contribution in [2.75, 3.05) is 32.3 Å². The van der Waals surface area contributed by atoms with Crippen LogP contribution >= 0.6 is 0 Å². The summed E-state index contributed by atoms with van der Waals surface area (Å²) in [4.78, 5) is 26.4. The van der Waals surface area contributed by atoms with Crippen LogP contribution in [0.4, 0.5) is 0 Å². The summed E-state index contributed by atoms with van der Waals surface area (Å²) < 4.78 is 39.5. The van der Waals surface area contributed by atoms with E-state index < -0.39 is 33.9 Å². The molecule has 29 heavy (non-hydrogen) atoms. The highest BCUT2D eigenvalue weighted by molar-refractivity contribution is 7.91. The maximum atomic E-state index is 12.5. The topological polar surface area (TPSA) is 99.2 Å². The summed E-state index contributed by atoms with van der Waals surface area (Å²) in [6, 6.07) is 4.28. The van der Waals surface area contributed by atoms with Gasteiger partial charge >= 0.3 is 5.97 Å². The molecule has 0 aliphatic carbocycles. The number of amides is 1. The minimum absolute atomic E-state index is 0.0640. The maximum Gasteiger partial charge on any atom is 0.339 e. The normalized spacial score (nSPS) is 18.9. The number of benzene rings is 1. The molecular weight excluding hydrogens is 398 g/mol. The van der Waals surface area contributed by atoms with E-state index in [0.29, 0.717) is 30.4 Å². The SMILES string of the molecule is COc1cc(C(=O)O[C@H](C)C(=O)N(C)[C@@H]2CCS(=O)(=O)C2)ccc1OCC(C)C. The molecule has 2 atom stereocenters. The van der Waals surface area contributed by atoms with Gasteiger partial charge in [0.15, 0.2) is 27.4 Å². The number of sulfone groups is 1. The fraction of sp³-hybridized carbons (Fsp3) is 0.600. The molecule has 1 aromatic carbocycles. The quantitative estimate of drug-likeness (QED) is 0.585. The van der Waals surface area contributed by atoms with Crippen LogP contribution in [0.3, 0.4) is 0 Å². The second-order valence-electron chi connectivity index (χ2n) is 7.62. The van der Waals surface area contributed by atoms with Gasteiger partial charge in [-0.1, -0.05) is 13.8 Å². The second-order valence-corrected chi connectivity index (χ2v) is 9.85. The number of esters is 1. The van der Waals surface area contributed by atoms with Gasteiger partial charge in [0.25, 0.3) is 5.91 Å². The molecule has 162 valence electrons. The molecule has 0 saturated carbocycles. The van der Waals surface area contributed by atoms with Crippen LogP contribution in [0, 0.1) is 5.92 Å². The first-order chi connectivity index (χ1) is 13.5. The van der Waals surface area contributed by atoms with Crippen molar-refractivity contribution < 1.29 is 32.2 Å². The predicted octanol–water partition coefficient (Wildman–Crippen LogP) is 1.92. The van der Waals surface area contributed by atoms with E-state index in [2.05, 4.69) is 0 Å². The Labute approximate surface area is 172 Å². The van der Waals surface area contributed by atoms with E-state index in [-0.39, 0.29) is 17.1 Å². The molecule has 9 heteroatoms. The fourth-order valence-corrected chi connectivity index (χ4v) is 4.77. The molecule has 0 unspecified atom stereocenters. The van der Waals surface area contributed by atoms with Crippen molar-refractivity contribution in [2.45, 2.75) is 39.3 Å². The molecule has 1 aliphatic heterocycles. The lowest BCUT2D eigenvalue weighted by Gasteiger charge is -2.26. The summed E-state index contributed by atoms with van der Waals surface area (Å²) in [6.07, 6.45) is -0.654. The van der Waals surface area contributed by atoms with Crippen LogP contribution in [0.15, 0.2) is 18.2 Å². The summed E-state index contributed by atoms with van der Waals surface area (Å²) in [5.74, 6) is 0.134. The van der Waals surface area contributed by atoms with Crippen molar-refractivity contribution in [3.8, 4) is 11.5 Å². The molecular formula is C20H29NO7S. The Bertz CT molecular complexity index is 850. The maximum absolute atomic E-state index is 12.5. The van der Waals surface area contributed by atoms with Crippen LogP contribution in [0.5, 0.6) is 11.5 Å². The Morgan fingerprint density at radius 1 is 1.21 bits per heavy atom. The summed E-state index contributed by atoms with van der Waals surface area (Å²) >= 11 is 0. The third-order valence-corrected chi connectivity index (χ3v) is 6.46. The van der Waals surface area contributed by atoms with Gasteiger partial charge in [-0.05, 0) is 37.5 Å². The molecule has 0 radical (unpaired) electrons. The molecule has 2 rings (SSSR count). The molecule has 0 N–H and O–H groups in total. The van der Waals surface area contributed by atoms with Gasteiger partial charge < -0.3 is 19.1 Å². The lowest BCUT2D eigenvalue weighted by molar-refractivity contribution is -0.140. The molecule has 0 aromatic heterocycles. The van der Waals surface area contributed by atoms with Crippen molar-refractivity contribution in [2.24, 2.45) is 5.92 Å².